The molecule has 0 heteroatoms. The van der Waals surface area contributed by atoms with Gasteiger partial charge in [-0.25, -0.2) is 0 Å². The standard InChI is InChI=1S/C42H72/c1-24(2)37-27(5)23-40(12)33(11)41(13)30(8)36-20-19-35(22-26(4)21-34-17-15-25(3)16-18-34)28(6)38(36)29(7)39(41)32(10)42(40,14)31(37)9/h24-25,28-36,38-39H,4,15-23H2,1-3,5-14H3. The summed E-state index contributed by atoms with van der Waals surface area (Å²) in [4.78, 5) is 0. The number of allylic oxidation sites excluding steroid dienone is 3. The van der Waals surface area contributed by atoms with E-state index in [2.05, 4.69) is 90.0 Å². The molecule has 0 radical (unpaired) electrons. The minimum atomic E-state index is 0.347. The van der Waals surface area contributed by atoms with Gasteiger partial charge in [-0.15, -0.1) is 0 Å². The van der Waals surface area contributed by atoms with Crippen LogP contribution in [0.1, 0.15) is 148 Å². The Bertz CT molecular complexity index is 1040. The highest BCUT2D eigenvalue weighted by Gasteiger charge is 2.71. The topological polar surface area (TPSA) is 0 Å². The van der Waals surface area contributed by atoms with Crippen molar-refractivity contribution in [2.45, 2.75) is 148 Å². The average Bonchev–Trinajstić information content (AvgIpc) is 2.91. The molecule has 5 aliphatic carbocycles. The normalized spacial score (nSPS) is 52.9. The molecule has 0 aromatic rings. The monoisotopic (exact) mass is 577 g/mol. The lowest BCUT2D eigenvalue weighted by molar-refractivity contribution is -0.266. The van der Waals surface area contributed by atoms with Gasteiger partial charge in [0.05, 0.1) is 0 Å². The van der Waals surface area contributed by atoms with Gasteiger partial charge in [-0.3, -0.25) is 0 Å². The van der Waals surface area contributed by atoms with Crippen LogP contribution in [0.2, 0.25) is 0 Å². The molecule has 0 spiro atoms. The summed E-state index contributed by atoms with van der Waals surface area (Å²) < 4.78 is 0. The lowest BCUT2D eigenvalue weighted by Gasteiger charge is -2.75. The summed E-state index contributed by atoms with van der Waals surface area (Å²) in [7, 11) is 0. The summed E-state index contributed by atoms with van der Waals surface area (Å²) in [5.74, 6) is 10.6. The summed E-state index contributed by atoms with van der Waals surface area (Å²) >= 11 is 0. The lowest BCUT2D eigenvalue weighted by Crippen LogP contribution is -2.70. The molecule has 4 saturated carbocycles. The lowest BCUT2D eigenvalue weighted by atomic mass is 9.29. The van der Waals surface area contributed by atoms with E-state index in [1.54, 1.807) is 16.7 Å². The van der Waals surface area contributed by atoms with Crippen molar-refractivity contribution in [2.75, 3.05) is 0 Å². The third kappa shape index (κ3) is 4.62. The van der Waals surface area contributed by atoms with Crippen LogP contribution in [0.4, 0.5) is 0 Å². The second kappa shape index (κ2) is 11.4. The predicted octanol–water partition coefficient (Wildman–Crippen LogP) is 12.6. The molecule has 42 heavy (non-hydrogen) atoms. The maximum absolute atomic E-state index is 4.73. The summed E-state index contributed by atoms with van der Waals surface area (Å²) in [6.07, 6.45) is 12.6. The Balaban J connectivity index is 1.43. The summed E-state index contributed by atoms with van der Waals surface area (Å²) in [6.45, 7) is 39.2. The highest BCUT2D eigenvalue weighted by atomic mass is 14.8. The van der Waals surface area contributed by atoms with Gasteiger partial charge in [0.2, 0.25) is 0 Å². The van der Waals surface area contributed by atoms with Gasteiger partial charge in [0.1, 0.15) is 0 Å². The molecule has 240 valence electrons. The van der Waals surface area contributed by atoms with E-state index in [0.717, 1.165) is 65.1 Å². The van der Waals surface area contributed by atoms with E-state index in [-0.39, 0.29) is 0 Å². The summed E-state index contributed by atoms with van der Waals surface area (Å²) in [5.41, 5.74) is 6.23. The molecule has 0 heterocycles. The molecule has 4 fully saturated rings. The molecule has 0 bridgehead atoms. The maximum Gasteiger partial charge on any atom is -0.0164 e. The molecule has 5 aliphatic rings. The van der Waals surface area contributed by atoms with Crippen molar-refractivity contribution in [1.82, 2.24) is 0 Å². The molecule has 0 aromatic heterocycles. The molecule has 13 unspecified atom stereocenters. The van der Waals surface area contributed by atoms with Crippen LogP contribution in [0.5, 0.6) is 0 Å². The third-order valence-corrected chi connectivity index (χ3v) is 17.2. The number of fused-ring (bicyclic) bond motifs is 3. The van der Waals surface area contributed by atoms with E-state index in [1.807, 2.05) is 0 Å². The molecular weight excluding hydrogens is 504 g/mol. The highest BCUT2D eigenvalue weighted by Crippen LogP contribution is 2.77. The van der Waals surface area contributed by atoms with E-state index in [1.165, 1.54) is 57.8 Å². The van der Waals surface area contributed by atoms with Crippen LogP contribution in [0.3, 0.4) is 0 Å². The first kappa shape index (κ1) is 32.9. The Labute approximate surface area is 263 Å². The van der Waals surface area contributed by atoms with Crippen molar-refractivity contribution in [2.24, 2.45) is 93.2 Å². The zero-order valence-corrected chi connectivity index (χ0v) is 30.6. The van der Waals surface area contributed by atoms with Crippen LogP contribution in [0.15, 0.2) is 23.3 Å². The summed E-state index contributed by atoms with van der Waals surface area (Å²) in [5, 5.41) is 0. The highest BCUT2D eigenvalue weighted by molar-refractivity contribution is 5.31. The quantitative estimate of drug-likeness (QED) is 0.285. The molecule has 5 rings (SSSR count). The van der Waals surface area contributed by atoms with Crippen LogP contribution in [0.25, 0.3) is 0 Å². The first-order valence-electron chi connectivity index (χ1n) is 18.9. The smallest absolute Gasteiger partial charge is 0.0164 e. The third-order valence-electron chi connectivity index (χ3n) is 17.2. The fraction of sp³-hybridized carbons (Fsp3) is 0.905. The van der Waals surface area contributed by atoms with Crippen molar-refractivity contribution in [3.8, 4) is 0 Å². The molecule has 13 atom stereocenters. The first-order valence-corrected chi connectivity index (χ1v) is 18.9. The molecule has 0 nitrogen and oxygen atoms in total. The van der Waals surface area contributed by atoms with Gasteiger partial charge in [-0.05, 0) is 145 Å². The number of hydrogen-bond donors (Lipinski definition) is 0. The number of rotatable bonds is 5. The second-order valence-corrected chi connectivity index (χ2v) is 18.8. The van der Waals surface area contributed by atoms with Gasteiger partial charge < -0.3 is 0 Å². The average molecular weight is 577 g/mol. The molecule has 0 aliphatic heterocycles. The largest absolute Gasteiger partial charge is 0.0998 e. The first-order chi connectivity index (χ1) is 19.5. The fourth-order valence-corrected chi connectivity index (χ4v) is 14.6. The Kier molecular flexibility index (Phi) is 8.90. The van der Waals surface area contributed by atoms with Crippen LogP contribution in [-0.4, -0.2) is 0 Å². The van der Waals surface area contributed by atoms with Crippen molar-refractivity contribution in [1.29, 1.82) is 0 Å². The fourth-order valence-electron chi connectivity index (χ4n) is 14.6. The predicted molar refractivity (Wildman–Crippen MR) is 184 cm³/mol. The van der Waals surface area contributed by atoms with Crippen molar-refractivity contribution in [3.05, 3.63) is 23.3 Å². The van der Waals surface area contributed by atoms with E-state index >= 15 is 0 Å². The molecule has 0 amide bonds. The Morgan fingerprint density at radius 3 is 2.02 bits per heavy atom. The van der Waals surface area contributed by atoms with Crippen LogP contribution in [-0.2, 0) is 0 Å². The van der Waals surface area contributed by atoms with Crippen molar-refractivity contribution >= 4 is 0 Å². The van der Waals surface area contributed by atoms with Gasteiger partial charge in [-0.1, -0.05) is 119 Å². The molecular formula is C42H72. The number of hydrogen-bond acceptors (Lipinski definition) is 0. The zero-order chi connectivity index (χ0) is 31.1. The Morgan fingerprint density at radius 1 is 0.810 bits per heavy atom. The van der Waals surface area contributed by atoms with Gasteiger partial charge >= 0.3 is 0 Å². The van der Waals surface area contributed by atoms with Crippen LogP contribution >= 0.6 is 0 Å². The van der Waals surface area contributed by atoms with Gasteiger partial charge in [-0.2, -0.15) is 0 Å². The van der Waals surface area contributed by atoms with E-state index in [4.69, 9.17) is 6.58 Å². The van der Waals surface area contributed by atoms with Gasteiger partial charge in [0.15, 0.2) is 0 Å². The van der Waals surface area contributed by atoms with E-state index in [9.17, 15) is 0 Å². The molecule has 0 N–H and O–H groups in total. The van der Waals surface area contributed by atoms with Crippen molar-refractivity contribution < 1.29 is 0 Å². The summed E-state index contributed by atoms with van der Waals surface area (Å²) in [6, 6.07) is 0. The maximum atomic E-state index is 4.73. The minimum Gasteiger partial charge on any atom is -0.0998 e. The minimum absolute atomic E-state index is 0.347. The van der Waals surface area contributed by atoms with Crippen molar-refractivity contribution in [3.63, 3.8) is 0 Å². The second-order valence-electron chi connectivity index (χ2n) is 18.8. The van der Waals surface area contributed by atoms with Gasteiger partial charge in [0.25, 0.3) is 0 Å². The Hall–Kier alpha value is -0.520. The zero-order valence-electron chi connectivity index (χ0n) is 30.6. The van der Waals surface area contributed by atoms with E-state index in [0.29, 0.717) is 28.1 Å². The molecule has 0 aromatic carbocycles. The van der Waals surface area contributed by atoms with E-state index < -0.39 is 0 Å². The van der Waals surface area contributed by atoms with Gasteiger partial charge in [0, 0.05) is 0 Å². The Morgan fingerprint density at radius 2 is 1.43 bits per heavy atom. The van der Waals surface area contributed by atoms with Crippen LogP contribution in [0, 0.1) is 93.2 Å². The van der Waals surface area contributed by atoms with Crippen LogP contribution < -0.4 is 0 Å². The molecule has 0 saturated heterocycles. The SMILES string of the molecule is C=C(CC1CCC(C)CC1)CC1CCC2C(C1C)C(C)C1C(C)C3(C)C(C)C(C(C)C)=C(C)CC3(C)C(C)C1(C)C2C.